The van der Waals surface area contributed by atoms with E-state index in [0.29, 0.717) is 25.9 Å². The molecule has 10 heteroatoms. The molecule has 32 heavy (non-hydrogen) atoms. The summed E-state index contributed by atoms with van der Waals surface area (Å²) in [6, 6.07) is -0.219. The van der Waals surface area contributed by atoms with E-state index in [9.17, 15) is 9.59 Å². The number of rotatable bonds is 9. The van der Waals surface area contributed by atoms with Gasteiger partial charge in [-0.2, -0.15) is 0 Å². The van der Waals surface area contributed by atoms with E-state index >= 15 is 0 Å². The third-order valence-corrected chi connectivity index (χ3v) is 6.45. The van der Waals surface area contributed by atoms with E-state index in [2.05, 4.69) is 10.6 Å². The van der Waals surface area contributed by atoms with Crippen molar-refractivity contribution in [3.63, 3.8) is 0 Å². The summed E-state index contributed by atoms with van der Waals surface area (Å²) in [4.78, 5) is 27.6. The molecule has 0 spiro atoms. The molecule has 0 unspecified atom stereocenters. The number of nitrogens with zero attached hydrogens (tertiary/aromatic N) is 2. The van der Waals surface area contributed by atoms with Gasteiger partial charge < -0.3 is 22.1 Å². The van der Waals surface area contributed by atoms with E-state index in [1.54, 1.807) is 0 Å². The molecule has 10 nitrogen and oxygen atoms in total. The first-order valence-corrected chi connectivity index (χ1v) is 12.2. The molecule has 2 rings (SSSR count). The fraction of sp³-hybridized carbons (Fsp3) is 0.818. The van der Waals surface area contributed by atoms with E-state index in [1.807, 2.05) is 0 Å². The molecule has 0 atom stereocenters. The molecule has 2 fully saturated rings. The highest BCUT2D eigenvalue weighted by molar-refractivity contribution is 5.94. The van der Waals surface area contributed by atoms with Crippen molar-refractivity contribution in [2.45, 2.75) is 102 Å². The first-order valence-electron chi connectivity index (χ1n) is 12.2. The van der Waals surface area contributed by atoms with Crippen LogP contribution in [0.4, 0.5) is 9.59 Å². The van der Waals surface area contributed by atoms with Gasteiger partial charge in [-0.25, -0.2) is 9.59 Å². The van der Waals surface area contributed by atoms with Crippen molar-refractivity contribution in [3.05, 3.63) is 0 Å². The Labute approximate surface area is 191 Å². The highest BCUT2D eigenvalue weighted by atomic mass is 16.2. The highest BCUT2D eigenvalue weighted by Gasteiger charge is 2.22. The lowest BCUT2D eigenvalue weighted by molar-refractivity contribution is 0.208. The van der Waals surface area contributed by atoms with Crippen LogP contribution >= 0.6 is 0 Å². The van der Waals surface area contributed by atoms with Crippen LogP contribution in [0.5, 0.6) is 0 Å². The van der Waals surface area contributed by atoms with Gasteiger partial charge in [-0.3, -0.25) is 20.6 Å². The molecule has 0 radical (unpaired) electrons. The van der Waals surface area contributed by atoms with Gasteiger partial charge in [-0.05, 0) is 38.5 Å². The molecule has 182 valence electrons. The molecule has 2 aliphatic carbocycles. The van der Waals surface area contributed by atoms with Crippen LogP contribution in [-0.2, 0) is 0 Å². The number of hydrogen-bond donors (Lipinski definition) is 6. The summed E-state index contributed by atoms with van der Waals surface area (Å²) in [5, 5.41) is 21.5. The van der Waals surface area contributed by atoms with Crippen LogP contribution in [0.25, 0.3) is 0 Å². The SMILES string of the molecule is N=C(N)N(CCCCCCN(C(=N)N)C(=O)NC1CCCCC1)C(=O)NC1CCCCC1. The van der Waals surface area contributed by atoms with Gasteiger partial charge >= 0.3 is 12.1 Å². The van der Waals surface area contributed by atoms with Gasteiger partial charge in [0.2, 0.25) is 0 Å². The standard InChI is InChI=1S/C22H42N8O2/c23-19(24)29(21(31)27-17-11-5-3-6-12-17)15-9-1-2-10-16-30(20(25)26)22(32)28-18-13-7-4-8-14-18/h17-18H,1-16H2,(H3,23,24)(H3,25,26)(H,27,31)(H,28,32). The minimum atomic E-state index is -0.286. The predicted molar refractivity (Wildman–Crippen MR) is 127 cm³/mol. The summed E-state index contributed by atoms with van der Waals surface area (Å²) >= 11 is 0. The Morgan fingerprint density at radius 1 is 0.656 bits per heavy atom. The van der Waals surface area contributed by atoms with Crippen LogP contribution < -0.4 is 22.1 Å². The van der Waals surface area contributed by atoms with E-state index < -0.39 is 0 Å². The Kier molecular flexibility index (Phi) is 11.1. The summed E-state index contributed by atoms with van der Waals surface area (Å²) in [6.07, 6.45) is 14.0. The maximum atomic E-state index is 12.5. The fourth-order valence-electron chi connectivity index (χ4n) is 4.56. The Balaban J connectivity index is 1.66. The number of unbranched alkanes of at least 4 members (excludes halogenated alkanes) is 3. The number of nitrogens with two attached hydrogens (primary N) is 2. The number of carbonyl (C=O) groups is 2. The number of amides is 4. The van der Waals surface area contributed by atoms with Crippen LogP contribution in [0.2, 0.25) is 0 Å². The van der Waals surface area contributed by atoms with Gasteiger partial charge in [0, 0.05) is 25.2 Å². The molecule has 0 bridgehead atoms. The van der Waals surface area contributed by atoms with Crippen molar-refractivity contribution >= 4 is 24.0 Å². The van der Waals surface area contributed by atoms with Gasteiger partial charge in [0.05, 0.1) is 0 Å². The summed E-state index contributed by atoms with van der Waals surface area (Å²) < 4.78 is 0. The minimum Gasteiger partial charge on any atom is -0.370 e. The molecule has 0 saturated heterocycles. The van der Waals surface area contributed by atoms with E-state index in [0.717, 1.165) is 64.2 Å². The second-order valence-corrected chi connectivity index (χ2v) is 9.06. The van der Waals surface area contributed by atoms with Crippen LogP contribution in [0.15, 0.2) is 0 Å². The van der Waals surface area contributed by atoms with Gasteiger partial charge in [-0.1, -0.05) is 51.4 Å². The Hall–Kier alpha value is -2.52. The number of urea groups is 2. The molecule has 0 aromatic rings. The minimum absolute atomic E-state index is 0.176. The van der Waals surface area contributed by atoms with Gasteiger partial charge in [0.1, 0.15) is 0 Å². The summed E-state index contributed by atoms with van der Waals surface area (Å²) in [5.74, 6) is -0.471. The maximum absolute atomic E-state index is 12.5. The first-order chi connectivity index (χ1) is 15.4. The van der Waals surface area contributed by atoms with E-state index in [4.69, 9.17) is 22.3 Å². The van der Waals surface area contributed by atoms with Crippen LogP contribution in [0.1, 0.15) is 89.9 Å². The molecule has 0 aromatic carbocycles. The second-order valence-electron chi connectivity index (χ2n) is 9.06. The second kappa shape index (κ2) is 13.8. The van der Waals surface area contributed by atoms with Gasteiger partial charge in [0.25, 0.3) is 0 Å². The van der Waals surface area contributed by atoms with Crippen LogP contribution in [0, 0.1) is 10.8 Å². The topological polar surface area (TPSA) is 164 Å². The fourth-order valence-corrected chi connectivity index (χ4v) is 4.56. The number of nitrogens with one attached hydrogen (secondary N) is 4. The molecule has 8 N–H and O–H groups in total. The van der Waals surface area contributed by atoms with Crippen LogP contribution in [-0.4, -0.2) is 59.0 Å². The predicted octanol–water partition coefficient (Wildman–Crippen LogP) is 3.02. The molecule has 0 heterocycles. The molecular weight excluding hydrogens is 408 g/mol. The largest absolute Gasteiger partial charge is 0.370 e. The summed E-state index contributed by atoms with van der Waals surface area (Å²) in [7, 11) is 0. The molecule has 2 aliphatic rings. The van der Waals surface area contributed by atoms with Crippen molar-refractivity contribution in [1.82, 2.24) is 20.4 Å². The van der Waals surface area contributed by atoms with E-state index in [1.165, 1.54) is 22.6 Å². The Morgan fingerprint density at radius 2 is 1.00 bits per heavy atom. The molecule has 0 aliphatic heterocycles. The lowest BCUT2D eigenvalue weighted by atomic mass is 9.96. The zero-order valence-corrected chi connectivity index (χ0v) is 19.3. The van der Waals surface area contributed by atoms with Gasteiger partial charge in [-0.15, -0.1) is 0 Å². The first kappa shape index (κ1) is 25.7. The van der Waals surface area contributed by atoms with Crippen molar-refractivity contribution < 1.29 is 9.59 Å². The zero-order valence-electron chi connectivity index (χ0n) is 19.3. The molecule has 0 aromatic heterocycles. The lowest BCUT2D eigenvalue weighted by Crippen LogP contribution is -2.50. The quantitative estimate of drug-likeness (QED) is 0.181. The molecular formula is C22H42N8O2. The highest BCUT2D eigenvalue weighted by Crippen LogP contribution is 2.18. The lowest BCUT2D eigenvalue weighted by Gasteiger charge is -2.28. The Morgan fingerprint density at radius 3 is 1.31 bits per heavy atom. The third-order valence-electron chi connectivity index (χ3n) is 6.45. The normalized spacial score (nSPS) is 17.4. The van der Waals surface area contributed by atoms with Crippen molar-refractivity contribution in [1.29, 1.82) is 10.8 Å². The summed E-state index contributed by atoms with van der Waals surface area (Å²) in [6.45, 7) is 0.791. The maximum Gasteiger partial charge on any atom is 0.324 e. The number of guanidine groups is 2. The average Bonchev–Trinajstić information content (AvgIpc) is 2.76. The van der Waals surface area contributed by atoms with Crippen LogP contribution in [0.3, 0.4) is 0 Å². The summed E-state index contributed by atoms with van der Waals surface area (Å²) in [5.41, 5.74) is 11.3. The zero-order chi connectivity index (χ0) is 23.3. The smallest absolute Gasteiger partial charge is 0.324 e. The Bertz CT molecular complexity index is 575. The van der Waals surface area contributed by atoms with E-state index in [-0.39, 0.29) is 36.1 Å². The van der Waals surface area contributed by atoms with Crippen molar-refractivity contribution in [3.8, 4) is 0 Å². The monoisotopic (exact) mass is 450 g/mol. The third kappa shape index (κ3) is 8.92. The molecule has 2 saturated carbocycles. The average molecular weight is 451 g/mol. The molecule has 4 amide bonds. The van der Waals surface area contributed by atoms with Gasteiger partial charge in [0.15, 0.2) is 11.9 Å². The number of carbonyl (C=O) groups excluding carboxylic acids is 2. The number of hydrogen-bond acceptors (Lipinski definition) is 4. The van der Waals surface area contributed by atoms with Crippen molar-refractivity contribution in [2.75, 3.05) is 13.1 Å². The van der Waals surface area contributed by atoms with Crippen molar-refractivity contribution in [2.24, 2.45) is 11.5 Å².